The van der Waals surface area contributed by atoms with Gasteiger partial charge >= 0.3 is 0 Å². The first-order chi connectivity index (χ1) is 19.3. The molecule has 0 N–H and O–H groups in total. The minimum Gasteiger partial charge on any atom is -0.375 e. The standard InChI is InChI=1S/C35H52N2O3/c1-20(2)26-18-38-16-22-9-7-8-10-23(22)17-39-19-27(21(3)4)37(6)14-12-35-31-25-15-24-28-29(25)33(35)32(28)34(40-35,30(24)31)11-13-36(26)5/h7-10,20-21,24-33H,11-19H2,1-6H3. The van der Waals surface area contributed by atoms with Crippen molar-refractivity contribution in [3.63, 3.8) is 0 Å². The second kappa shape index (κ2) is 9.26. The van der Waals surface area contributed by atoms with Crippen LogP contribution in [0.3, 0.4) is 0 Å². The van der Waals surface area contributed by atoms with Gasteiger partial charge in [0.1, 0.15) is 0 Å². The first-order valence-corrected chi connectivity index (χ1v) is 16.6. The van der Waals surface area contributed by atoms with Crippen molar-refractivity contribution in [2.24, 2.45) is 59.2 Å². The summed E-state index contributed by atoms with van der Waals surface area (Å²) in [6.07, 6.45) is 3.98. The fraction of sp³-hybridized carbons (Fsp3) is 0.829. The number of hydrogen-bond acceptors (Lipinski definition) is 5. The van der Waals surface area contributed by atoms with Gasteiger partial charge in [0.15, 0.2) is 0 Å². The van der Waals surface area contributed by atoms with Crippen LogP contribution < -0.4 is 0 Å². The molecule has 12 unspecified atom stereocenters. The molecule has 1 aromatic rings. The number of ether oxygens (including phenoxy) is 3. The van der Waals surface area contributed by atoms with E-state index in [9.17, 15) is 0 Å². The molecular formula is C35H52N2O3. The van der Waals surface area contributed by atoms with Gasteiger partial charge in [-0.25, -0.2) is 0 Å². The third-order valence-corrected chi connectivity index (χ3v) is 13.7. The third kappa shape index (κ3) is 3.33. The Morgan fingerprint density at radius 2 is 1.15 bits per heavy atom. The van der Waals surface area contributed by atoms with E-state index in [1.807, 2.05) is 0 Å². The van der Waals surface area contributed by atoms with Crippen LogP contribution in [-0.4, -0.2) is 73.5 Å². The van der Waals surface area contributed by atoms with Crippen LogP contribution in [0.5, 0.6) is 0 Å². The Morgan fingerprint density at radius 1 is 0.700 bits per heavy atom. The molecule has 12 atom stereocenters. The predicted molar refractivity (Wildman–Crippen MR) is 157 cm³/mol. The van der Waals surface area contributed by atoms with Gasteiger partial charge in [0, 0.05) is 25.2 Å². The zero-order valence-corrected chi connectivity index (χ0v) is 25.7. The molecule has 3 heterocycles. The van der Waals surface area contributed by atoms with Crippen LogP contribution in [0.4, 0.5) is 0 Å². The molecule has 5 nitrogen and oxygen atoms in total. The summed E-state index contributed by atoms with van der Waals surface area (Å²) < 4.78 is 20.5. The Kier molecular flexibility index (Phi) is 6.16. The van der Waals surface area contributed by atoms with Crippen LogP contribution in [0, 0.1) is 59.2 Å². The summed E-state index contributed by atoms with van der Waals surface area (Å²) in [5.74, 6) is 8.48. The summed E-state index contributed by atoms with van der Waals surface area (Å²) >= 11 is 0. The zero-order valence-electron chi connectivity index (χ0n) is 25.7. The molecule has 2 spiro atoms. The molecule has 8 aliphatic rings. The highest BCUT2D eigenvalue weighted by atomic mass is 16.5. The molecule has 0 aromatic heterocycles. The molecule has 9 rings (SSSR count). The van der Waals surface area contributed by atoms with Crippen LogP contribution in [0.2, 0.25) is 0 Å². The number of hydrogen-bond donors (Lipinski definition) is 0. The normalized spacial score (nSPS) is 50.0. The average Bonchev–Trinajstić information content (AvgIpc) is 3.59. The molecule has 0 radical (unpaired) electrons. The van der Waals surface area contributed by atoms with E-state index >= 15 is 0 Å². The molecule has 7 fully saturated rings. The van der Waals surface area contributed by atoms with Gasteiger partial charge < -0.3 is 24.0 Å². The maximum absolute atomic E-state index is 7.62. The maximum Gasteiger partial charge on any atom is 0.0771 e. The molecule has 5 heteroatoms. The third-order valence-electron chi connectivity index (χ3n) is 13.7. The molecule has 2 saturated heterocycles. The Labute approximate surface area is 242 Å². The number of nitrogens with zero attached hydrogens (tertiary/aromatic N) is 2. The van der Waals surface area contributed by atoms with E-state index in [1.165, 1.54) is 30.4 Å². The lowest BCUT2D eigenvalue weighted by molar-refractivity contribution is -0.0884. The van der Waals surface area contributed by atoms with E-state index in [2.05, 4.69) is 75.9 Å². The number of likely N-dealkylation sites (N-methyl/N-ethyl adjacent to an activating group) is 2. The van der Waals surface area contributed by atoms with E-state index in [1.54, 1.807) is 0 Å². The second-order valence-electron chi connectivity index (χ2n) is 15.7. The first kappa shape index (κ1) is 26.6. The minimum atomic E-state index is 0.171. The summed E-state index contributed by atoms with van der Waals surface area (Å²) in [4.78, 5) is 5.23. The Balaban J connectivity index is 1.09. The summed E-state index contributed by atoms with van der Waals surface area (Å²) in [6, 6.07) is 9.52. The van der Waals surface area contributed by atoms with E-state index in [0.29, 0.717) is 37.1 Å². The highest BCUT2D eigenvalue weighted by Crippen LogP contribution is 2.93. The van der Waals surface area contributed by atoms with Crippen LogP contribution in [0.15, 0.2) is 24.3 Å². The smallest absolute Gasteiger partial charge is 0.0771 e. The van der Waals surface area contributed by atoms with Gasteiger partial charge in [0.2, 0.25) is 0 Å². The van der Waals surface area contributed by atoms with Crippen molar-refractivity contribution in [3.8, 4) is 0 Å². The van der Waals surface area contributed by atoms with Gasteiger partial charge in [0.25, 0.3) is 0 Å². The average molecular weight is 549 g/mol. The van der Waals surface area contributed by atoms with Crippen molar-refractivity contribution in [3.05, 3.63) is 35.4 Å². The number of fused-ring (bicyclic) bond motifs is 1. The summed E-state index contributed by atoms with van der Waals surface area (Å²) in [5.41, 5.74) is 2.86. The first-order valence-electron chi connectivity index (χ1n) is 16.6. The van der Waals surface area contributed by atoms with E-state index in [-0.39, 0.29) is 11.2 Å². The van der Waals surface area contributed by atoms with Gasteiger partial charge in [-0.15, -0.1) is 0 Å². The van der Waals surface area contributed by atoms with Gasteiger partial charge in [-0.1, -0.05) is 52.0 Å². The molecule has 5 saturated carbocycles. The Morgan fingerprint density at radius 3 is 1.57 bits per heavy atom. The topological polar surface area (TPSA) is 34.2 Å². The van der Waals surface area contributed by atoms with E-state index < -0.39 is 0 Å². The fourth-order valence-electron chi connectivity index (χ4n) is 12.4. The van der Waals surface area contributed by atoms with Crippen molar-refractivity contribution in [2.75, 3.05) is 40.4 Å². The van der Waals surface area contributed by atoms with Crippen LogP contribution in [0.1, 0.15) is 58.1 Å². The van der Waals surface area contributed by atoms with Crippen molar-refractivity contribution in [1.29, 1.82) is 0 Å². The minimum absolute atomic E-state index is 0.171. The van der Waals surface area contributed by atoms with Gasteiger partial charge in [0.05, 0.1) is 37.6 Å². The summed E-state index contributed by atoms with van der Waals surface area (Å²) in [6.45, 7) is 14.5. The van der Waals surface area contributed by atoms with Crippen LogP contribution in [0.25, 0.3) is 0 Å². The fourth-order valence-corrected chi connectivity index (χ4v) is 12.4. The monoisotopic (exact) mass is 548 g/mol. The van der Waals surface area contributed by atoms with Crippen molar-refractivity contribution >= 4 is 0 Å². The van der Waals surface area contributed by atoms with E-state index in [0.717, 1.165) is 73.6 Å². The van der Waals surface area contributed by atoms with Crippen molar-refractivity contribution in [2.45, 2.75) is 83.5 Å². The molecule has 3 aliphatic heterocycles. The maximum atomic E-state index is 7.62. The molecule has 1 aromatic carbocycles. The highest BCUT2D eigenvalue weighted by Gasteiger charge is 2.96. The highest BCUT2D eigenvalue weighted by molar-refractivity contribution is 5.43. The SMILES string of the molecule is CC(C)C1COCc2ccccc2COCC(C(C)C)N(C)CCC23OC4(CCN1C)C1C5CC(C6C5C4C62)C13. The Hall–Kier alpha value is -0.980. The summed E-state index contributed by atoms with van der Waals surface area (Å²) in [5, 5.41) is 0. The van der Waals surface area contributed by atoms with Crippen LogP contribution in [-0.2, 0) is 27.4 Å². The molecule has 4 bridgehead atoms. The van der Waals surface area contributed by atoms with Crippen molar-refractivity contribution in [1.82, 2.24) is 9.80 Å². The molecule has 40 heavy (non-hydrogen) atoms. The van der Waals surface area contributed by atoms with Gasteiger partial charge in [-0.2, -0.15) is 0 Å². The lowest BCUT2D eigenvalue weighted by atomic mass is 9.54. The molecular weight excluding hydrogens is 496 g/mol. The van der Waals surface area contributed by atoms with E-state index in [4.69, 9.17) is 14.2 Å². The van der Waals surface area contributed by atoms with Gasteiger partial charge in [-0.05, 0) is 104 Å². The lowest BCUT2D eigenvalue weighted by Gasteiger charge is -2.48. The Bertz CT molecular complexity index is 1050. The number of rotatable bonds is 2. The number of benzene rings is 1. The zero-order chi connectivity index (χ0) is 27.6. The lowest BCUT2D eigenvalue weighted by Crippen LogP contribution is -2.53. The molecule has 220 valence electrons. The largest absolute Gasteiger partial charge is 0.375 e. The van der Waals surface area contributed by atoms with Crippen LogP contribution >= 0.6 is 0 Å². The predicted octanol–water partition coefficient (Wildman–Crippen LogP) is 5.32. The second-order valence-corrected chi connectivity index (χ2v) is 15.7. The molecule has 0 amide bonds. The quantitative estimate of drug-likeness (QED) is 0.500. The molecule has 5 aliphatic carbocycles. The summed E-state index contributed by atoms with van der Waals surface area (Å²) in [7, 11) is 4.69. The van der Waals surface area contributed by atoms with Crippen molar-refractivity contribution < 1.29 is 14.2 Å². The van der Waals surface area contributed by atoms with Gasteiger partial charge in [-0.3, -0.25) is 0 Å².